The van der Waals surface area contributed by atoms with Crippen molar-refractivity contribution in [2.75, 3.05) is 86.1 Å². The molecule has 6 saturated carbocycles. The topological polar surface area (TPSA) is 216 Å². The van der Waals surface area contributed by atoms with Crippen LogP contribution in [-0.2, 0) is 56.4 Å². The number of nitrogens with zero attached hydrogens (tertiary/aromatic N) is 6. The molecule has 20 nitrogen and oxygen atoms in total. The van der Waals surface area contributed by atoms with E-state index in [4.69, 9.17) is 81.7 Å². The number of amides is 3. The van der Waals surface area contributed by atoms with Crippen molar-refractivity contribution in [2.24, 2.45) is 35.5 Å². The molecular formula is C112H143Cl5F5N9O11. The van der Waals surface area contributed by atoms with Crippen molar-refractivity contribution < 1.29 is 74.7 Å². The van der Waals surface area contributed by atoms with Gasteiger partial charge in [-0.05, 0) is 306 Å². The Morgan fingerprint density at radius 1 is 0.387 bits per heavy atom. The van der Waals surface area contributed by atoms with Gasteiger partial charge in [-0.1, -0.05) is 88.3 Å². The fourth-order valence-corrected chi connectivity index (χ4v) is 23.5. The van der Waals surface area contributed by atoms with Crippen molar-refractivity contribution in [3.8, 4) is 0 Å². The SMILES string of the molecule is CC1(F)CCC(CCC(=O)c2cn(CC3CCOC3)c3cccc(Cl)c23)CC1.CC1(F)CCC(CNC(=O)c2cn(CC3COCCO3)c3cccc(Cl)c23)CC1.CC1(F)CCC(CNC(=O)c2cn(CCOC3CC3)c3cccc(Cl)c23)CC1.CC1(F)CCC(O)(CCC(=O)c2cn(CC3CCOC3)c3cccc(Cl)c23)CC1.CN1CC[C@H]1Cn1cc(C(=O)NCC2CCC(C)(F)CC2)c2c(Cl)cccc21. The van der Waals surface area contributed by atoms with Gasteiger partial charge in [-0.3, -0.25) is 24.0 Å². The molecule has 142 heavy (non-hydrogen) atoms. The Morgan fingerprint density at radius 3 is 1.09 bits per heavy atom. The number of likely N-dealkylation sites (N-methyl/N-ethyl adjacent to an activating group) is 1. The Balaban J connectivity index is 0.000000128. The van der Waals surface area contributed by atoms with Crippen molar-refractivity contribution in [1.29, 1.82) is 0 Å². The van der Waals surface area contributed by atoms with E-state index in [9.17, 15) is 51.0 Å². The van der Waals surface area contributed by atoms with E-state index in [1.807, 2.05) is 119 Å². The van der Waals surface area contributed by atoms with Crippen LogP contribution in [-0.4, -0.2) is 200 Å². The number of rotatable bonds is 29. The third kappa shape index (κ3) is 27.9. The predicted molar refractivity (Wildman–Crippen MR) is 556 cm³/mol. The first-order valence-electron chi connectivity index (χ1n) is 52.0. The molecule has 3 unspecified atom stereocenters. The lowest BCUT2D eigenvalue weighted by Gasteiger charge is -2.38. The van der Waals surface area contributed by atoms with Crippen LogP contribution < -0.4 is 16.0 Å². The van der Waals surface area contributed by atoms with Gasteiger partial charge >= 0.3 is 0 Å². The van der Waals surface area contributed by atoms with Crippen molar-refractivity contribution in [1.82, 2.24) is 43.7 Å². The van der Waals surface area contributed by atoms with Crippen LogP contribution in [0, 0.1) is 35.5 Å². The average Bonchev–Trinajstić information content (AvgIpc) is 1.64. The predicted octanol–water partition coefficient (Wildman–Crippen LogP) is 25.7. The molecule has 4 saturated heterocycles. The highest BCUT2D eigenvalue weighted by Gasteiger charge is 2.42. The molecule has 0 spiro atoms. The van der Waals surface area contributed by atoms with E-state index in [1.165, 1.54) is 6.42 Å². The molecule has 5 aromatic heterocycles. The van der Waals surface area contributed by atoms with E-state index >= 15 is 0 Å². The number of halogens is 10. The van der Waals surface area contributed by atoms with E-state index < -0.39 is 33.9 Å². The maximum absolute atomic E-state index is 14.1. The first-order valence-corrected chi connectivity index (χ1v) is 53.9. The summed E-state index contributed by atoms with van der Waals surface area (Å²) in [6.45, 7) is 20.4. The smallest absolute Gasteiger partial charge is 0.253 e. The van der Waals surface area contributed by atoms with Crippen LogP contribution in [0.5, 0.6) is 0 Å². The molecule has 0 bridgehead atoms. The van der Waals surface area contributed by atoms with Gasteiger partial charge in [-0.2, -0.15) is 0 Å². The number of benzene rings is 5. The summed E-state index contributed by atoms with van der Waals surface area (Å²) in [5.74, 6) is 2.15. The minimum Gasteiger partial charge on any atom is -0.390 e. The fraction of sp³-hybridized carbons (Fsp3) is 0.598. The molecule has 4 N–H and O–H groups in total. The van der Waals surface area contributed by atoms with Gasteiger partial charge in [0.25, 0.3) is 17.7 Å². The standard InChI is InChI=1S/C23H29ClFNO3.C23H29ClFNO2.C22H29ClFN3O.C22H28ClFN2O3.C22H28ClFN2O2/c1-22(25)8-10-23(28,11-9-22)7-5-20(27)17-14-26(13-16-6-12-29-15-16)19-4-2-3-18(24)21(17)19;1-23(25)10-7-16(8-11-23)5-6-21(27)18-14-26(13-17-9-12-28-15-17)20-4-2-3-19(24)22(18)20;1-22(24)9-6-15(7-10-22)12-25-21(28)17-14-27(13-16-8-11-26(16)2)19-5-3-4-18(23)20(17)19;1-22(24)7-5-15(6-8-22)11-25-21(27)17-13-26(12-16-14-28-9-10-29-16)19-4-2-3-18(23)20(17)19;1-22(24)9-7-15(8-10-22)13-25-21(27)17-14-26(11-12-28-16-5-6-16)19-4-2-3-18(23)20(17)19/h2-4,14,16,28H,5-13,15H2,1H3;2-4,14,16-17H,5-13,15H2,1H3;3-5,14-16H,6-13H2,1-2H3,(H,25,28);2-4,13,15-16H,5-12,14H2,1H3,(H,25,27);2-4,14-16H,5-13H2,1H3,(H,25,27)/t;;15?,16-,22?;;/m..0../s1. The monoisotopic (exact) mass is 2060 g/mol. The van der Waals surface area contributed by atoms with Crippen LogP contribution >= 0.6 is 58.0 Å². The third-order valence-corrected chi connectivity index (χ3v) is 33.6. The van der Waals surface area contributed by atoms with Crippen LogP contribution in [0.4, 0.5) is 22.0 Å². The number of hydrogen-bond acceptors (Lipinski definition) is 12. The number of aliphatic hydroxyl groups is 1. The number of aromatic nitrogens is 5. The Hall–Kier alpha value is -7.63. The first kappa shape index (κ1) is 107. The molecule has 10 aliphatic rings. The molecule has 772 valence electrons. The molecule has 4 aliphatic heterocycles. The molecule has 10 aromatic rings. The number of likely N-dealkylation sites (tertiary alicyclic amines) is 1. The summed E-state index contributed by atoms with van der Waals surface area (Å²) in [5.41, 5.74) is 1.62. The summed E-state index contributed by atoms with van der Waals surface area (Å²) in [7, 11) is 2.13. The highest BCUT2D eigenvalue weighted by Crippen LogP contribution is 2.45. The maximum Gasteiger partial charge on any atom is 0.253 e. The molecule has 10 fully saturated rings. The second-order valence-electron chi connectivity index (χ2n) is 43.8. The van der Waals surface area contributed by atoms with E-state index in [0.717, 1.165) is 196 Å². The zero-order chi connectivity index (χ0) is 100. The van der Waals surface area contributed by atoms with Gasteiger partial charge in [0.1, 0.15) is 28.3 Å². The van der Waals surface area contributed by atoms with Crippen molar-refractivity contribution in [3.05, 3.63) is 175 Å². The van der Waals surface area contributed by atoms with Crippen LogP contribution in [0.1, 0.15) is 273 Å². The minimum absolute atomic E-state index is 0.0217. The summed E-state index contributed by atoms with van der Waals surface area (Å²) >= 11 is 32.3. The van der Waals surface area contributed by atoms with E-state index in [0.29, 0.717) is 244 Å². The summed E-state index contributed by atoms with van der Waals surface area (Å²) < 4.78 is 109. The Kier molecular flexibility index (Phi) is 35.7. The van der Waals surface area contributed by atoms with Gasteiger partial charge < -0.3 is 72.5 Å². The van der Waals surface area contributed by atoms with Crippen LogP contribution in [0.2, 0.25) is 25.1 Å². The van der Waals surface area contributed by atoms with Crippen LogP contribution in [0.25, 0.3) is 54.5 Å². The molecule has 5 aromatic carbocycles. The summed E-state index contributed by atoms with van der Waals surface area (Å²) in [6, 6.07) is 29.2. The van der Waals surface area contributed by atoms with Crippen molar-refractivity contribution in [2.45, 2.75) is 306 Å². The normalized spacial score (nSPS) is 27.9. The molecular weight excluding hydrogens is 1920 g/mol. The van der Waals surface area contributed by atoms with Crippen molar-refractivity contribution in [3.63, 3.8) is 0 Å². The lowest BCUT2D eigenvalue weighted by molar-refractivity contribution is -0.0932. The Morgan fingerprint density at radius 2 is 0.732 bits per heavy atom. The summed E-state index contributed by atoms with van der Waals surface area (Å²) in [6.07, 6.45) is 30.1. The van der Waals surface area contributed by atoms with Gasteiger partial charge in [-0.15, -0.1) is 0 Å². The van der Waals surface area contributed by atoms with E-state index in [2.05, 4.69) is 41.6 Å². The quantitative estimate of drug-likeness (QED) is 0.0254. The van der Waals surface area contributed by atoms with Crippen LogP contribution in [0.3, 0.4) is 0 Å². The molecule has 0 radical (unpaired) electrons. The lowest BCUT2D eigenvalue weighted by Crippen LogP contribution is -2.46. The highest BCUT2D eigenvalue weighted by molar-refractivity contribution is 6.39. The molecule has 20 rings (SSSR count). The van der Waals surface area contributed by atoms with E-state index in [-0.39, 0.29) is 41.8 Å². The molecule has 9 heterocycles. The largest absolute Gasteiger partial charge is 0.390 e. The second-order valence-corrected chi connectivity index (χ2v) is 45.8. The average molecular weight is 2060 g/mol. The highest BCUT2D eigenvalue weighted by atomic mass is 35.5. The summed E-state index contributed by atoms with van der Waals surface area (Å²) in [5, 5.41) is 26.9. The number of nitrogens with one attached hydrogen (secondary N) is 3. The maximum atomic E-state index is 14.1. The van der Waals surface area contributed by atoms with Gasteiger partial charge in [-0.25, -0.2) is 22.0 Å². The number of fused-ring (bicyclic) bond motifs is 5. The molecule has 3 amide bonds. The molecule has 6 aliphatic carbocycles. The number of ketones is 2. The van der Waals surface area contributed by atoms with Crippen molar-refractivity contribution >= 4 is 142 Å². The van der Waals surface area contributed by atoms with Gasteiger partial charge in [0.05, 0.1) is 133 Å². The molecule has 4 atom stereocenters. The number of carbonyl (C=O) groups excluding carboxylic acids is 5. The number of carbonyl (C=O) groups is 5. The Bertz CT molecular complexity index is 5860. The lowest BCUT2D eigenvalue weighted by atomic mass is 9.75. The number of alkyl halides is 5. The zero-order valence-corrected chi connectivity index (χ0v) is 87.0. The van der Waals surface area contributed by atoms with Crippen LogP contribution in [0.15, 0.2) is 122 Å². The van der Waals surface area contributed by atoms with Gasteiger partial charge in [0.2, 0.25) is 0 Å². The number of hydrogen-bond donors (Lipinski definition) is 4. The first-order chi connectivity index (χ1) is 67.9. The van der Waals surface area contributed by atoms with Gasteiger partial charge in [0, 0.05) is 159 Å². The minimum atomic E-state index is -1.21. The molecule has 30 heteroatoms. The Labute approximate surface area is 856 Å². The third-order valence-electron chi connectivity index (χ3n) is 32.0. The zero-order valence-electron chi connectivity index (χ0n) is 83.3. The number of ether oxygens (including phenoxy) is 5. The van der Waals surface area contributed by atoms with E-state index in [1.54, 1.807) is 46.8 Å². The second kappa shape index (κ2) is 47.3. The summed E-state index contributed by atoms with van der Waals surface area (Å²) in [4.78, 5) is 67.3. The van der Waals surface area contributed by atoms with Gasteiger partial charge in [0.15, 0.2) is 11.6 Å². The fourth-order valence-electron chi connectivity index (χ4n) is 22.2. The number of Topliss-reactive ketones (excluding diaryl/α,β-unsaturated/α-hetero) is 2.